The maximum absolute atomic E-state index is 15.4. The largest absolute Gasteiger partial charge is 0.780 e. The number of anilines is 5. The summed E-state index contributed by atoms with van der Waals surface area (Å²) in [6.07, 6.45) is -11.8. The summed E-state index contributed by atoms with van der Waals surface area (Å²) in [6, 6.07) is 0. The number of fused-ring (bicyclic) bond motifs is 9. The van der Waals surface area contributed by atoms with Crippen molar-refractivity contribution < 1.29 is 98.4 Å². The summed E-state index contributed by atoms with van der Waals surface area (Å²) in [4.78, 5) is 130. The highest BCUT2D eigenvalue weighted by Gasteiger charge is 2.72. The molecule has 110 heavy (non-hydrogen) atoms. The predicted octanol–water partition coefficient (Wildman–Crippen LogP) is -0.992. The van der Waals surface area contributed by atoms with Crippen molar-refractivity contribution in [1.29, 1.82) is 0 Å². The number of nitrogens with one attached hydrogen (secondary N) is 1. The van der Waals surface area contributed by atoms with Crippen molar-refractivity contribution in [2.45, 2.75) is 200 Å². The van der Waals surface area contributed by atoms with E-state index in [0.29, 0.717) is 34.4 Å². The van der Waals surface area contributed by atoms with Crippen molar-refractivity contribution in [2.75, 3.05) is 55.1 Å². The Morgan fingerprint density at radius 2 is 1.14 bits per heavy atom. The molecule has 0 saturated carbocycles. The summed E-state index contributed by atoms with van der Waals surface area (Å²) in [5.41, 5.74) is 24.2. The number of imidazole rings is 1. The molecule has 0 aliphatic carbocycles. The number of H-pyrrole nitrogens is 1. The highest BCUT2D eigenvalue weighted by Crippen LogP contribution is 2.62. The van der Waals surface area contributed by atoms with Crippen LogP contribution in [0.3, 0.4) is 0 Å². The van der Waals surface area contributed by atoms with Gasteiger partial charge in [-0.2, -0.15) is 9.97 Å². The van der Waals surface area contributed by atoms with Crippen molar-refractivity contribution in [3.05, 3.63) is 85.2 Å². The Hall–Kier alpha value is -5.66. The Bertz CT molecular complexity index is 5160. The average Bonchev–Trinajstić information content (AvgIpc) is 1.56. The minimum atomic E-state index is -5.08. The lowest BCUT2D eigenvalue weighted by Crippen LogP contribution is -2.53. The maximum Gasteiger partial charge on any atom is 0.351 e. The Labute approximate surface area is 642 Å². The van der Waals surface area contributed by atoms with E-state index < -0.39 is 209 Å². The number of aryl methyl sites for hydroxylation is 2. The van der Waals surface area contributed by atoms with Crippen LogP contribution in [0.2, 0.25) is 0 Å². The molecule has 8 saturated heterocycles. The van der Waals surface area contributed by atoms with Gasteiger partial charge in [-0.3, -0.25) is 38.0 Å². The molecular weight excluding hydrogens is 1610 g/mol. The first-order chi connectivity index (χ1) is 52.0. The minimum Gasteiger partial charge on any atom is -0.780 e. The van der Waals surface area contributed by atoms with Gasteiger partial charge in [0, 0.05) is 48.8 Å². The zero-order valence-electron chi connectivity index (χ0n) is 58.5. The molecule has 594 valence electrons. The van der Waals surface area contributed by atoms with Crippen LogP contribution in [0.25, 0.3) is 11.2 Å². The highest BCUT2D eigenvalue weighted by molar-refractivity contribution is 8.32. The molecule has 0 aromatic carbocycles. The van der Waals surface area contributed by atoms with E-state index >= 15 is 9.79 Å². The van der Waals surface area contributed by atoms with Gasteiger partial charge in [-0.05, 0) is 41.0 Å². The summed E-state index contributed by atoms with van der Waals surface area (Å²) in [5.74, 6) is -1.85. The van der Waals surface area contributed by atoms with Crippen LogP contribution in [-0.4, -0.2) is 211 Å². The summed E-state index contributed by atoms with van der Waals surface area (Å²) in [7, 11) is 0. The summed E-state index contributed by atoms with van der Waals surface area (Å²) < 4.78 is 119. The molecule has 6 aromatic heterocycles. The van der Waals surface area contributed by atoms with Crippen molar-refractivity contribution >= 4 is 139 Å². The molecule has 12 N–H and O–H groups in total. The Morgan fingerprint density at radius 1 is 0.609 bits per heavy atom. The SMILES string of the molecule is CC[C@H]1O[C@@H](n2cnc3c(N)ncnc32)CC1OP(=O)([S-])OC[C@H]1O[C@@H](n2cc(C)c(N)nc2=O)CC1OP([O-])(=S)OC[C@]12O[C@@H](n3cc(C)c(N)nc3=O)[C@H](O[C@H]1C)C2OP([O-])(=S)OC[C@]12O[C@@H](C3C=Nc4c(N)ncnc43)[C@@H](O[C@H]1C)C2OP([O-])(=S)OC[C@]12O[C@@H](C3C=Nc4c3nc(N)[nH]c4=O)[C@@H](O[C@H]1C)C2O. The fourth-order valence-electron chi connectivity index (χ4n) is 15.8. The molecular formula is C59H71N19O24P4S4-4. The van der Waals surface area contributed by atoms with Crippen LogP contribution in [0.5, 0.6) is 0 Å². The lowest BCUT2D eigenvalue weighted by Gasteiger charge is -2.43. The molecule has 43 nitrogen and oxygen atoms in total. The van der Waals surface area contributed by atoms with Crippen molar-refractivity contribution in [3.8, 4) is 0 Å². The summed E-state index contributed by atoms with van der Waals surface area (Å²) >= 11 is 22.5. The Morgan fingerprint density at radius 3 is 1.82 bits per heavy atom. The van der Waals surface area contributed by atoms with Crippen molar-refractivity contribution in [1.82, 2.24) is 58.6 Å². The molecule has 27 atom stereocenters. The van der Waals surface area contributed by atoms with Crippen LogP contribution < -0.4 is 60.3 Å². The second kappa shape index (κ2) is 28.7. The normalized spacial score (nSPS) is 37.2. The summed E-state index contributed by atoms with van der Waals surface area (Å²) in [6.45, 7) is -12.9. The van der Waals surface area contributed by atoms with Gasteiger partial charge in [0.25, 0.3) is 5.56 Å². The van der Waals surface area contributed by atoms with Crippen LogP contribution in [0, 0.1) is 13.8 Å². The number of hydrogen-bond donors (Lipinski definition) is 7. The molecule has 11 unspecified atom stereocenters. The number of hydrogen-bond acceptors (Lipinski definition) is 43. The highest BCUT2D eigenvalue weighted by atomic mass is 32.7. The minimum absolute atomic E-state index is 0.0101. The van der Waals surface area contributed by atoms with Gasteiger partial charge in [0.15, 0.2) is 36.0 Å². The van der Waals surface area contributed by atoms with Gasteiger partial charge in [-0.25, -0.2) is 39.5 Å². The van der Waals surface area contributed by atoms with Gasteiger partial charge in [0.2, 0.25) is 5.95 Å². The summed E-state index contributed by atoms with van der Waals surface area (Å²) in [5, 5.41) is 11.9. The number of aromatic nitrogens is 12. The molecule has 0 spiro atoms. The predicted molar refractivity (Wildman–Crippen MR) is 388 cm³/mol. The van der Waals surface area contributed by atoms with Gasteiger partial charge in [0.05, 0.1) is 92.6 Å². The van der Waals surface area contributed by atoms with E-state index in [1.165, 1.54) is 50.7 Å². The quantitative estimate of drug-likeness (QED) is 0.0253. The first-order valence-corrected chi connectivity index (χ1v) is 44.5. The molecule has 0 radical (unpaired) electrons. The number of rotatable bonds is 26. The van der Waals surface area contributed by atoms with E-state index in [-0.39, 0.29) is 59.1 Å². The molecule has 51 heteroatoms. The first-order valence-electron chi connectivity index (χ1n) is 34.3. The number of aliphatic hydroxyl groups is 1. The second-order valence-corrected chi connectivity index (χ2v) is 38.8. The van der Waals surface area contributed by atoms with E-state index in [1.54, 1.807) is 32.3 Å². The van der Waals surface area contributed by atoms with Crippen LogP contribution >= 0.6 is 27.0 Å². The average molecular weight is 1680 g/mol. The fourth-order valence-corrected chi connectivity index (χ4v) is 21.6. The molecule has 16 rings (SSSR count). The number of aliphatic imine (C=N–C) groups is 2. The molecule has 10 aliphatic heterocycles. The van der Waals surface area contributed by atoms with Gasteiger partial charge >= 0.3 is 11.4 Å². The van der Waals surface area contributed by atoms with E-state index in [0.717, 1.165) is 9.13 Å². The zero-order valence-corrected chi connectivity index (χ0v) is 65.3. The Balaban J connectivity index is 0.649. The van der Waals surface area contributed by atoms with Crippen LogP contribution in [0.15, 0.2) is 55.7 Å². The number of aromatic amines is 1. The Kier molecular flexibility index (Phi) is 20.4. The molecule has 10 aliphatic rings. The lowest BCUT2D eigenvalue weighted by atomic mass is 9.92. The molecule has 0 amide bonds. The number of nitrogen functional groups attached to an aromatic ring is 5. The number of nitrogens with two attached hydrogens (primary N) is 5. The van der Waals surface area contributed by atoms with Gasteiger partial charge in [-0.1, -0.05) is 42.3 Å². The van der Waals surface area contributed by atoms with E-state index in [1.807, 2.05) is 6.92 Å². The number of aliphatic hydroxyl groups excluding tert-OH is 1. The third-order valence-corrected chi connectivity index (χ3v) is 27.7. The molecule has 6 bridgehead atoms. The van der Waals surface area contributed by atoms with E-state index in [9.17, 15) is 28.9 Å². The van der Waals surface area contributed by atoms with Crippen molar-refractivity contribution in [3.63, 3.8) is 0 Å². The third-order valence-electron chi connectivity index (χ3n) is 21.5. The monoisotopic (exact) mass is 1680 g/mol. The first kappa shape index (κ1) is 78.2. The topological polar surface area (TPSA) is 594 Å². The van der Waals surface area contributed by atoms with Crippen LogP contribution in [0.1, 0.15) is 100.0 Å². The number of ether oxygens (including phenoxy) is 8. The maximum atomic E-state index is 15.4. The van der Waals surface area contributed by atoms with Crippen molar-refractivity contribution in [2.24, 2.45) is 9.98 Å². The smallest absolute Gasteiger partial charge is 0.351 e. The third kappa shape index (κ3) is 13.7. The molecule has 8 fully saturated rings. The van der Waals surface area contributed by atoms with E-state index in [4.69, 9.17) is 150 Å². The van der Waals surface area contributed by atoms with Crippen LogP contribution in [-0.2, 0) is 126 Å². The zero-order chi connectivity index (χ0) is 78.0. The second-order valence-electron chi connectivity index (χ2n) is 28.0. The van der Waals surface area contributed by atoms with Gasteiger partial charge in [0.1, 0.15) is 140 Å². The van der Waals surface area contributed by atoms with Crippen LogP contribution in [0.4, 0.5) is 40.6 Å². The standard InChI is InChI=1S/C59H75N19O24P4S4/c1-7-28-29(8-33(94-28)78-20-71-38-50(63)69-19-70-51(38)78)99-103(83,107)87-14-31-30(9-32(95-31)76-12-21(2)47(60)73-55(76)81)100-104(84,108)89-17-59-25(6)93-43(53(98-59)77-13-22(3)48(61)74-56(77)82)46(59)102-106(86,110)90-16-58-24(5)92-42(40(97-58)26-10-65-36-34(26)67-18-68-49(36)62)45(58)101-105(85,109)88-15-57-23(4)91-41(44(57)79)39(96-57)27-11-66-37-35(27)72-54(64)75-52(37)80/h10-13,18-20,23-33,39-46,53,79H,7-9,14-17H2,1-6H3,(H,83,107)(H,84,108)(H,85,109)(H,86,110)(H2,60,73,81)(H2,61,74,82)(H2,62,67,68)(H2,63,69,70)(H3,64,72,75,80)/p-4/t23-,24-,25-,26?,27?,28+,29?,30?,31+,32+,33+,39-,40-,41+,42+,43+,44?,45?,46?,53+,57-,58-,59-,103?,104?,105?,106?/m0/s1. The van der Waals surface area contributed by atoms with Gasteiger partial charge < -0.3 is 135 Å². The number of nitrogens with zero attached hydrogens (tertiary/aromatic N) is 13. The molecule has 6 aromatic rings. The van der Waals surface area contributed by atoms with Gasteiger partial charge in [-0.15, -0.1) is 0 Å². The fraction of sp³-hybridized carbons (Fsp3) is 0.610. The molecule has 16 heterocycles. The van der Waals surface area contributed by atoms with E-state index in [2.05, 4.69) is 54.8 Å². The lowest BCUT2D eigenvalue weighted by molar-refractivity contribution is -0.242.